The van der Waals surface area contributed by atoms with Gasteiger partial charge in [0.05, 0.1) is 13.1 Å². The number of benzene rings is 1. The van der Waals surface area contributed by atoms with Crippen molar-refractivity contribution in [2.45, 2.75) is 26.3 Å². The van der Waals surface area contributed by atoms with Gasteiger partial charge in [0.15, 0.2) is 0 Å². The van der Waals surface area contributed by atoms with E-state index in [1.807, 2.05) is 11.0 Å². The second-order valence-electron chi connectivity index (χ2n) is 7.50. The van der Waals surface area contributed by atoms with Crippen molar-refractivity contribution in [3.63, 3.8) is 0 Å². The first-order chi connectivity index (χ1) is 13.0. The number of hydrogen-bond acceptors (Lipinski definition) is 4. The first kappa shape index (κ1) is 19.8. The molecule has 0 radical (unpaired) electrons. The minimum Gasteiger partial charge on any atom is -0.351 e. The highest BCUT2D eigenvalue weighted by molar-refractivity contribution is 5.79. The predicted octanol–water partition coefficient (Wildman–Crippen LogP) is 0.990. The van der Waals surface area contributed by atoms with Crippen LogP contribution in [0.15, 0.2) is 18.2 Å². The Bertz CT molecular complexity index is 668. The topological polar surface area (TPSA) is 55.9 Å². The van der Waals surface area contributed by atoms with E-state index in [0.29, 0.717) is 25.2 Å². The van der Waals surface area contributed by atoms with Crippen molar-refractivity contribution in [3.05, 3.63) is 35.1 Å². The molecule has 2 heterocycles. The maximum absolute atomic E-state index is 13.5. The van der Waals surface area contributed by atoms with E-state index in [9.17, 15) is 14.0 Å². The highest BCUT2D eigenvalue weighted by atomic mass is 19.1. The molecule has 1 N–H and O–H groups in total. The van der Waals surface area contributed by atoms with Crippen LogP contribution in [0.4, 0.5) is 4.39 Å². The van der Waals surface area contributed by atoms with Crippen molar-refractivity contribution in [2.75, 3.05) is 52.4 Å². The molecule has 1 aromatic rings. The van der Waals surface area contributed by atoms with Gasteiger partial charge in [-0.1, -0.05) is 12.1 Å². The molecule has 0 spiro atoms. The fourth-order valence-corrected chi connectivity index (χ4v) is 3.57. The molecule has 0 unspecified atom stereocenters. The lowest BCUT2D eigenvalue weighted by atomic mass is 10.1. The maximum Gasteiger partial charge on any atom is 0.236 e. The lowest BCUT2D eigenvalue weighted by molar-refractivity contribution is -0.132. The summed E-state index contributed by atoms with van der Waals surface area (Å²) in [6.45, 7) is 7.82. The molecule has 27 heavy (non-hydrogen) atoms. The van der Waals surface area contributed by atoms with Crippen molar-refractivity contribution < 1.29 is 14.0 Å². The lowest BCUT2D eigenvalue weighted by Crippen LogP contribution is -2.51. The van der Waals surface area contributed by atoms with E-state index in [2.05, 4.69) is 15.1 Å². The molecule has 0 saturated carbocycles. The molecule has 2 amide bonds. The fraction of sp³-hybridized carbons (Fsp3) is 0.600. The van der Waals surface area contributed by atoms with E-state index in [4.69, 9.17) is 0 Å². The van der Waals surface area contributed by atoms with Crippen molar-refractivity contribution in [2.24, 2.45) is 0 Å². The monoisotopic (exact) mass is 376 g/mol. The normalized spacial score (nSPS) is 18.7. The first-order valence-electron chi connectivity index (χ1n) is 9.75. The summed E-state index contributed by atoms with van der Waals surface area (Å²) in [5, 5.41) is 2.85. The van der Waals surface area contributed by atoms with Gasteiger partial charge in [0, 0.05) is 45.8 Å². The van der Waals surface area contributed by atoms with E-state index in [1.54, 1.807) is 13.0 Å². The van der Waals surface area contributed by atoms with Crippen LogP contribution in [0, 0.1) is 12.7 Å². The van der Waals surface area contributed by atoms with Crippen LogP contribution in [-0.2, 0) is 16.1 Å². The zero-order valence-electron chi connectivity index (χ0n) is 16.0. The van der Waals surface area contributed by atoms with Crippen molar-refractivity contribution >= 4 is 11.8 Å². The average molecular weight is 376 g/mol. The van der Waals surface area contributed by atoms with Crippen molar-refractivity contribution in [3.8, 4) is 0 Å². The number of hydrogen-bond donors (Lipinski definition) is 1. The fourth-order valence-electron chi connectivity index (χ4n) is 3.57. The number of halogens is 1. The van der Waals surface area contributed by atoms with Crippen LogP contribution in [0.3, 0.4) is 0 Å². The standard InChI is InChI=1S/C20H29FN4O2/c1-16-4-5-17(12-18(16)21)13-22-19(26)14-23-8-10-24(11-9-23)15-20(27)25-6-2-3-7-25/h4-5,12H,2-3,6-11,13-15H2,1H3,(H,22,26). The number of nitrogens with one attached hydrogen (secondary N) is 1. The first-order valence-corrected chi connectivity index (χ1v) is 9.75. The van der Waals surface area contributed by atoms with E-state index in [0.717, 1.165) is 57.7 Å². The summed E-state index contributed by atoms with van der Waals surface area (Å²) in [4.78, 5) is 30.6. The molecule has 1 aromatic carbocycles. The molecule has 3 rings (SSSR count). The number of likely N-dealkylation sites (tertiary alicyclic amines) is 1. The molecule has 0 atom stereocenters. The third-order valence-corrected chi connectivity index (χ3v) is 5.38. The second kappa shape index (κ2) is 9.28. The van der Waals surface area contributed by atoms with E-state index in [1.165, 1.54) is 6.07 Å². The van der Waals surface area contributed by atoms with Crippen molar-refractivity contribution in [1.82, 2.24) is 20.0 Å². The summed E-state index contributed by atoms with van der Waals surface area (Å²) >= 11 is 0. The molecular weight excluding hydrogens is 347 g/mol. The Morgan fingerprint density at radius 2 is 1.63 bits per heavy atom. The second-order valence-corrected chi connectivity index (χ2v) is 7.50. The van der Waals surface area contributed by atoms with Crippen LogP contribution in [-0.4, -0.2) is 78.9 Å². The van der Waals surface area contributed by atoms with E-state index >= 15 is 0 Å². The van der Waals surface area contributed by atoms with Crippen LogP contribution in [0.2, 0.25) is 0 Å². The van der Waals surface area contributed by atoms with Crippen LogP contribution in [0.1, 0.15) is 24.0 Å². The smallest absolute Gasteiger partial charge is 0.236 e. The zero-order valence-corrected chi connectivity index (χ0v) is 16.0. The quantitative estimate of drug-likeness (QED) is 0.805. The van der Waals surface area contributed by atoms with Gasteiger partial charge in [0.25, 0.3) is 0 Å². The van der Waals surface area contributed by atoms with Crippen LogP contribution < -0.4 is 5.32 Å². The summed E-state index contributed by atoms with van der Waals surface area (Å²) in [6, 6.07) is 5.01. The maximum atomic E-state index is 13.5. The van der Waals surface area contributed by atoms with Gasteiger partial charge in [0.1, 0.15) is 5.82 Å². The number of rotatable bonds is 6. The molecule has 2 saturated heterocycles. The highest BCUT2D eigenvalue weighted by Gasteiger charge is 2.24. The summed E-state index contributed by atoms with van der Waals surface area (Å²) in [6.07, 6.45) is 2.23. The molecule has 2 aliphatic heterocycles. The molecule has 2 aliphatic rings. The van der Waals surface area contributed by atoms with Gasteiger partial charge in [-0.15, -0.1) is 0 Å². The molecule has 0 bridgehead atoms. The number of piperazine rings is 1. The summed E-state index contributed by atoms with van der Waals surface area (Å²) in [5.74, 6) is -0.0806. The lowest BCUT2D eigenvalue weighted by Gasteiger charge is -2.34. The Kier molecular flexibility index (Phi) is 6.79. The Hall–Kier alpha value is -1.99. The minimum atomic E-state index is -0.249. The van der Waals surface area contributed by atoms with E-state index in [-0.39, 0.29) is 17.6 Å². The number of aryl methyl sites for hydroxylation is 1. The van der Waals surface area contributed by atoms with Crippen LogP contribution >= 0.6 is 0 Å². The average Bonchev–Trinajstić information content (AvgIpc) is 3.19. The van der Waals surface area contributed by atoms with Crippen LogP contribution in [0.5, 0.6) is 0 Å². The number of carbonyl (C=O) groups excluding carboxylic acids is 2. The molecule has 0 aromatic heterocycles. The molecule has 2 fully saturated rings. The Labute approximate surface area is 160 Å². The zero-order chi connectivity index (χ0) is 19.2. The van der Waals surface area contributed by atoms with Gasteiger partial charge in [0.2, 0.25) is 11.8 Å². The summed E-state index contributed by atoms with van der Waals surface area (Å²) in [7, 11) is 0. The van der Waals surface area contributed by atoms with Crippen LogP contribution in [0.25, 0.3) is 0 Å². The summed E-state index contributed by atoms with van der Waals surface area (Å²) in [5.41, 5.74) is 1.36. The molecule has 148 valence electrons. The molecule has 7 heteroatoms. The van der Waals surface area contributed by atoms with Gasteiger partial charge in [-0.05, 0) is 37.0 Å². The Morgan fingerprint density at radius 3 is 2.26 bits per heavy atom. The molecular formula is C20H29FN4O2. The summed E-state index contributed by atoms with van der Waals surface area (Å²) < 4.78 is 13.5. The van der Waals surface area contributed by atoms with Gasteiger partial charge >= 0.3 is 0 Å². The minimum absolute atomic E-state index is 0.0578. The van der Waals surface area contributed by atoms with E-state index < -0.39 is 0 Å². The number of nitrogens with zero attached hydrogens (tertiary/aromatic N) is 3. The molecule has 0 aliphatic carbocycles. The Morgan fingerprint density at radius 1 is 1.00 bits per heavy atom. The molecule has 6 nitrogen and oxygen atoms in total. The highest BCUT2D eigenvalue weighted by Crippen LogP contribution is 2.10. The van der Waals surface area contributed by atoms with Crippen molar-refractivity contribution in [1.29, 1.82) is 0 Å². The van der Waals surface area contributed by atoms with Gasteiger partial charge in [-0.25, -0.2) is 4.39 Å². The number of carbonyl (C=O) groups is 2. The largest absolute Gasteiger partial charge is 0.351 e. The Balaban J connectivity index is 1.35. The van der Waals surface area contributed by atoms with Gasteiger partial charge in [-0.2, -0.15) is 0 Å². The third kappa shape index (κ3) is 5.74. The third-order valence-electron chi connectivity index (χ3n) is 5.38. The SMILES string of the molecule is Cc1ccc(CNC(=O)CN2CCN(CC(=O)N3CCCC3)CC2)cc1F. The number of amides is 2. The van der Waals surface area contributed by atoms with Gasteiger partial charge < -0.3 is 10.2 Å². The predicted molar refractivity (Wildman–Crippen MR) is 102 cm³/mol. The van der Waals surface area contributed by atoms with Gasteiger partial charge in [-0.3, -0.25) is 19.4 Å².